The molecule has 7 N–H and O–H groups in total. The van der Waals surface area contributed by atoms with Crippen LogP contribution in [0.2, 0.25) is 10.0 Å². The van der Waals surface area contributed by atoms with Crippen molar-refractivity contribution in [3.8, 4) is 0 Å². The van der Waals surface area contributed by atoms with E-state index >= 15 is 0 Å². The van der Waals surface area contributed by atoms with E-state index in [1.165, 1.54) is 10.8 Å². The summed E-state index contributed by atoms with van der Waals surface area (Å²) in [7, 11) is 0. The summed E-state index contributed by atoms with van der Waals surface area (Å²) in [4.78, 5) is 22.8. The molecule has 1 fully saturated rings. The summed E-state index contributed by atoms with van der Waals surface area (Å²) in [5.74, 6) is -0.219. The summed E-state index contributed by atoms with van der Waals surface area (Å²) in [5, 5.41) is 34.8. The van der Waals surface area contributed by atoms with Crippen molar-refractivity contribution >= 4 is 52.5 Å². The molecule has 2 aromatic heterocycles. The summed E-state index contributed by atoms with van der Waals surface area (Å²) in [6.45, 7) is -0.534. The molecule has 0 aliphatic carbocycles. The van der Waals surface area contributed by atoms with Crippen molar-refractivity contribution in [3.63, 3.8) is 0 Å². The van der Waals surface area contributed by atoms with Crippen LogP contribution in [0.3, 0.4) is 0 Å². The van der Waals surface area contributed by atoms with Gasteiger partial charge in [-0.2, -0.15) is 10.1 Å². The monoisotopic (exact) mass is 469 g/mol. The Morgan fingerprint density at radius 3 is 2.77 bits per heavy atom. The minimum absolute atomic E-state index is 0.0154. The molecule has 1 aromatic carbocycles. The van der Waals surface area contributed by atoms with Crippen LogP contribution in [0.15, 0.2) is 28.1 Å². The van der Waals surface area contributed by atoms with Gasteiger partial charge in [0.1, 0.15) is 18.3 Å². The normalized spacial score (nSPS) is 23.8. The minimum Gasteiger partial charge on any atom is -0.394 e. The van der Waals surface area contributed by atoms with Gasteiger partial charge >= 0.3 is 0 Å². The number of ether oxygens (including phenoxy) is 1. The van der Waals surface area contributed by atoms with Gasteiger partial charge in [0.05, 0.1) is 17.8 Å². The Morgan fingerprint density at radius 1 is 1.32 bits per heavy atom. The van der Waals surface area contributed by atoms with Crippen LogP contribution < -0.4 is 16.7 Å². The lowest BCUT2D eigenvalue weighted by Gasteiger charge is -2.18. The van der Waals surface area contributed by atoms with E-state index in [4.69, 9.17) is 33.7 Å². The van der Waals surface area contributed by atoms with Crippen LogP contribution in [0.5, 0.6) is 0 Å². The number of imidazole rings is 1. The lowest BCUT2D eigenvalue weighted by Crippen LogP contribution is -2.33. The zero-order valence-electron chi connectivity index (χ0n) is 15.6. The van der Waals surface area contributed by atoms with E-state index in [0.717, 1.165) is 0 Å². The Morgan fingerprint density at radius 2 is 2.10 bits per heavy atom. The lowest BCUT2D eigenvalue weighted by molar-refractivity contribution is -0.0501. The van der Waals surface area contributed by atoms with Crippen LogP contribution >= 0.6 is 23.2 Å². The molecule has 0 amide bonds. The fraction of sp³-hybridized carbons (Fsp3) is 0.294. The zero-order chi connectivity index (χ0) is 22.3. The molecule has 4 rings (SSSR count). The number of benzene rings is 1. The van der Waals surface area contributed by atoms with Crippen molar-refractivity contribution in [1.82, 2.24) is 19.5 Å². The smallest absolute Gasteiger partial charge is 0.280 e. The number of anilines is 2. The molecule has 0 bridgehead atoms. The predicted octanol–water partition coefficient (Wildman–Crippen LogP) is 0.0661. The summed E-state index contributed by atoms with van der Waals surface area (Å²) >= 11 is 12.0. The zero-order valence-corrected chi connectivity index (χ0v) is 17.1. The molecular weight excluding hydrogens is 453 g/mol. The standard InChI is InChI=1S/C17H17Cl2N7O5/c18-7-2-1-6(8(19)3-7)4-21-25-17-22-10-13(23-16(20)24-14(10)30)26(17)15-12(29)11(28)9(5-27)31-15/h1-4,9,11-12,15,27-29H,5H2,(H,22,25)(H3,20,23,24,30)/b21-4-/t9-,11+,12+,15+/m0/s1. The number of nitrogens with two attached hydrogens (primary N) is 1. The second kappa shape index (κ2) is 8.42. The van der Waals surface area contributed by atoms with E-state index in [-0.39, 0.29) is 23.1 Å². The highest BCUT2D eigenvalue weighted by Crippen LogP contribution is 2.34. The van der Waals surface area contributed by atoms with Gasteiger partial charge in [0.25, 0.3) is 5.56 Å². The van der Waals surface area contributed by atoms with Crippen molar-refractivity contribution < 1.29 is 20.1 Å². The Balaban J connectivity index is 1.76. The van der Waals surface area contributed by atoms with E-state index in [2.05, 4.69) is 25.5 Å². The maximum atomic E-state index is 12.3. The Hall–Kier alpha value is -2.74. The van der Waals surface area contributed by atoms with Crippen LogP contribution in [0.25, 0.3) is 11.2 Å². The third kappa shape index (κ3) is 3.96. The number of hydrazone groups is 1. The Kier molecular flexibility index (Phi) is 5.83. The Bertz CT molecular complexity index is 1210. The third-order valence-electron chi connectivity index (χ3n) is 4.67. The van der Waals surface area contributed by atoms with E-state index in [0.29, 0.717) is 15.6 Å². The van der Waals surface area contributed by atoms with Gasteiger partial charge in [0.2, 0.25) is 11.9 Å². The Labute approximate surface area is 183 Å². The number of aliphatic hydroxyl groups excluding tert-OH is 3. The number of rotatable bonds is 5. The van der Waals surface area contributed by atoms with Gasteiger partial charge in [-0.1, -0.05) is 29.3 Å². The second-order valence-electron chi connectivity index (χ2n) is 6.69. The molecule has 164 valence electrons. The first-order valence-corrected chi connectivity index (χ1v) is 9.70. The van der Waals surface area contributed by atoms with Gasteiger partial charge in [-0.05, 0) is 12.1 Å². The minimum atomic E-state index is -1.45. The third-order valence-corrected chi connectivity index (χ3v) is 5.23. The van der Waals surface area contributed by atoms with E-state index < -0.39 is 36.7 Å². The van der Waals surface area contributed by atoms with Gasteiger partial charge in [-0.25, -0.2) is 10.4 Å². The van der Waals surface area contributed by atoms with E-state index in [1.807, 2.05) is 0 Å². The molecule has 0 spiro atoms. The number of nitrogens with one attached hydrogen (secondary N) is 2. The fourth-order valence-electron chi connectivity index (χ4n) is 3.18. The molecule has 12 nitrogen and oxygen atoms in total. The number of aliphatic hydroxyl groups is 3. The molecule has 0 unspecified atom stereocenters. The highest BCUT2D eigenvalue weighted by molar-refractivity contribution is 6.36. The number of aromatic nitrogens is 4. The van der Waals surface area contributed by atoms with Crippen molar-refractivity contribution in [2.75, 3.05) is 17.8 Å². The van der Waals surface area contributed by atoms with Crippen LogP contribution in [0, 0.1) is 0 Å². The number of H-pyrrole nitrogens is 1. The molecular formula is C17H17Cl2N7O5. The number of nitrogen functional groups attached to an aromatic ring is 1. The first-order chi connectivity index (χ1) is 14.8. The molecule has 0 saturated carbocycles. The van der Waals surface area contributed by atoms with Gasteiger partial charge in [0, 0.05) is 10.6 Å². The van der Waals surface area contributed by atoms with Crippen molar-refractivity contribution in [1.29, 1.82) is 0 Å². The first-order valence-electron chi connectivity index (χ1n) is 8.94. The number of halogens is 2. The van der Waals surface area contributed by atoms with Gasteiger partial charge in [-0.15, -0.1) is 0 Å². The average Bonchev–Trinajstić information content (AvgIpc) is 3.21. The van der Waals surface area contributed by atoms with E-state index in [9.17, 15) is 20.1 Å². The van der Waals surface area contributed by atoms with Gasteiger partial charge in [0.15, 0.2) is 17.4 Å². The number of hydrogen-bond donors (Lipinski definition) is 6. The quantitative estimate of drug-likeness (QED) is 0.222. The highest BCUT2D eigenvalue weighted by atomic mass is 35.5. The van der Waals surface area contributed by atoms with Crippen LogP contribution in [0.1, 0.15) is 11.8 Å². The number of nitrogens with zero attached hydrogens (tertiary/aromatic N) is 4. The van der Waals surface area contributed by atoms with Crippen LogP contribution in [0.4, 0.5) is 11.9 Å². The number of fused-ring (bicyclic) bond motifs is 1. The largest absolute Gasteiger partial charge is 0.394 e. The molecule has 3 heterocycles. The van der Waals surface area contributed by atoms with Gasteiger partial charge < -0.3 is 25.8 Å². The van der Waals surface area contributed by atoms with Gasteiger partial charge in [-0.3, -0.25) is 14.3 Å². The lowest BCUT2D eigenvalue weighted by atomic mass is 10.1. The summed E-state index contributed by atoms with van der Waals surface area (Å²) in [6, 6.07) is 4.83. The van der Waals surface area contributed by atoms with Crippen molar-refractivity contribution in [2.24, 2.45) is 5.10 Å². The van der Waals surface area contributed by atoms with Crippen LogP contribution in [-0.4, -0.2) is 66.0 Å². The number of aromatic amines is 1. The van der Waals surface area contributed by atoms with E-state index in [1.54, 1.807) is 18.2 Å². The molecule has 1 aliphatic rings. The average molecular weight is 470 g/mol. The van der Waals surface area contributed by atoms with Crippen molar-refractivity contribution in [3.05, 3.63) is 44.2 Å². The topological polar surface area (TPSA) is 184 Å². The molecule has 31 heavy (non-hydrogen) atoms. The summed E-state index contributed by atoms with van der Waals surface area (Å²) < 4.78 is 6.78. The first kappa shape index (κ1) is 21.5. The predicted molar refractivity (Wildman–Crippen MR) is 113 cm³/mol. The molecule has 1 aliphatic heterocycles. The SMILES string of the molecule is Nc1nc2c(nc(N/N=C\c3ccc(Cl)cc3Cl)n2[C@@H]2O[C@@H](CO)[C@@H](O)[C@H]2O)c(=O)[nH]1. The molecule has 0 radical (unpaired) electrons. The molecule has 3 aromatic rings. The summed E-state index contributed by atoms with van der Waals surface area (Å²) in [5.41, 5.74) is 8.10. The summed E-state index contributed by atoms with van der Waals surface area (Å²) in [6.07, 6.45) is -3.72. The second-order valence-corrected chi connectivity index (χ2v) is 7.54. The van der Waals surface area contributed by atoms with Crippen molar-refractivity contribution in [2.45, 2.75) is 24.5 Å². The molecule has 4 atom stereocenters. The maximum absolute atomic E-state index is 12.3. The molecule has 14 heteroatoms. The highest BCUT2D eigenvalue weighted by Gasteiger charge is 2.45. The molecule has 1 saturated heterocycles. The maximum Gasteiger partial charge on any atom is 0.280 e. The number of hydrogen-bond acceptors (Lipinski definition) is 10. The fourth-order valence-corrected chi connectivity index (χ4v) is 3.64. The van der Waals surface area contributed by atoms with Crippen LogP contribution in [-0.2, 0) is 4.74 Å².